The molecule has 3 heterocycles. The monoisotopic (exact) mass is 450 g/mol. The van der Waals surface area contributed by atoms with Gasteiger partial charge in [-0.3, -0.25) is 14.3 Å². The van der Waals surface area contributed by atoms with Gasteiger partial charge in [-0.15, -0.1) is 0 Å². The van der Waals surface area contributed by atoms with Gasteiger partial charge in [0.15, 0.2) is 0 Å². The minimum atomic E-state index is -0.0866. The predicted octanol–water partition coefficient (Wildman–Crippen LogP) is 3.40. The second-order valence-electron chi connectivity index (χ2n) is 8.06. The summed E-state index contributed by atoms with van der Waals surface area (Å²) in [4.78, 5) is 30.0. The maximum absolute atomic E-state index is 13.4. The van der Waals surface area contributed by atoms with Gasteiger partial charge in [0, 0.05) is 42.2 Å². The third-order valence-corrected chi connectivity index (χ3v) is 6.30. The van der Waals surface area contributed by atoms with Gasteiger partial charge in [0.1, 0.15) is 11.4 Å². The van der Waals surface area contributed by atoms with Gasteiger partial charge in [-0.1, -0.05) is 29.8 Å². The lowest BCUT2D eigenvalue weighted by atomic mass is 10.0. The molecule has 0 saturated heterocycles. The molecule has 0 fully saturated rings. The average molecular weight is 451 g/mol. The highest BCUT2D eigenvalue weighted by atomic mass is 35.5. The number of methoxy groups -OCH3 is 1. The largest absolute Gasteiger partial charge is 0.497 e. The van der Waals surface area contributed by atoms with E-state index in [1.165, 1.54) is 0 Å². The summed E-state index contributed by atoms with van der Waals surface area (Å²) in [5.41, 5.74) is 3.96. The van der Waals surface area contributed by atoms with Gasteiger partial charge in [-0.25, -0.2) is 0 Å². The summed E-state index contributed by atoms with van der Waals surface area (Å²) in [5.74, 6) is 0.657. The Labute approximate surface area is 191 Å². The van der Waals surface area contributed by atoms with Crippen molar-refractivity contribution in [3.05, 3.63) is 81.6 Å². The molecule has 0 aliphatic carbocycles. The lowest BCUT2D eigenvalue weighted by Gasteiger charge is -2.30. The first-order valence-corrected chi connectivity index (χ1v) is 11.0. The molecular weight excluding hydrogens is 428 g/mol. The van der Waals surface area contributed by atoms with Crippen LogP contribution >= 0.6 is 11.6 Å². The molecule has 2 aromatic carbocycles. The summed E-state index contributed by atoms with van der Waals surface area (Å²) < 4.78 is 7.03. The Morgan fingerprint density at radius 2 is 1.94 bits per heavy atom. The maximum Gasteiger partial charge on any atom is 0.272 e. The van der Waals surface area contributed by atoms with Crippen molar-refractivity contribution in [3.63, 3.8) is 0 Å². The van der Waals surface area contributed by atoms with Crippen LogP contribution in [0.25, 0.3) is 0 Å². The van der Waals surface area contributed by atoms with Crippen LogP contribution < -0.4 is 4.74 Å². The van der Waals surface area contributed by atoms with E-state index in [2.05, 4.69) is 5.10 Å². The molecule has 8 heteroatoms. The number of fused-ring (bicyclic) bond motifs is 3. The molecule has 1 aromatic heterocycles. The number of aromatic nitrogens is 2. The van der Waals surface area contributed by atoms with E-state index < -0.39 is 0 Å². The summed E-state index contributed by atoms with van der Waals surface area (Å²) in [7, 11) is 1.63. The molecule has 0 saturated carbocycles. The fraction of sp³-hybridized carbons (Fsp3) is 0.292. The zero-order chi connectivity index (χ0) is 22.2. The van der Waals surface area contributed by atoms with Crippen molar-refractivity contribution in [1.29, 1.82) is 0 Å². The molecule has 0 bridgehead atoms. The van der Waals surface area contributed by atoms with Crippen LogP contribution in [-0.4, -0.2) is 51.6 Å². The number of nitrogens with zero attached hydrogens (tertiary/aromatic N) is 4. The molecule has 0 unspecified atom stereocenters. The van der Waals surface area contributed by atoms with Crippen LogP contribution in [0.3, 0.4) is 0 Å². The van der Waals surface area contributed by atoms with E-state index >= 15 is 0 Å². The smallest absolute Gasteiger partial charge is 0.272 e. The van der Waals surface area contributed by atoms with E-state index in [0.29, 0.717) is 55.4 Å². The normalized spacial score (nSPS) is 15.4. The van der Waals surface area contributed by atoms with Gasteiger partial charge in [0.25, 0.3) is 11.8 Å². The number of halogens is 1. The van der Waals surface area contributed by atoms with Crippen LogP contribution in [0.1, 0.15) is 37.7 Å². The van der Waals surface area contributed by atoms with Gasteiger partial charge < -0.3 is 14.5 Å². The fourth-order valence-corrected chi connectivity index (χ4v) is 4.56. The molecule has 0 radical (unpaired) electrons. The number of ether oxygens (including phenoxy) is 1. The maximum atomic E-state index is 13.4. The summed E-state index contributed by atoms with van der Waals surface area (Å²) >= 11 is 6.06. The van der Waals surface area contributed by atoms with Crippen molar-refractivity contribution in [2.45, 2.75) is 26.1 Å². The lowest BCUT2D eigenvalue weighted by Crippen LogP contribution is -2.41. The van der Waals surface area contributed by atoms with E-state index in [1.54, 1.807) is 36.3 Å². The van der Waals surface area contributed by atoms with Crippen molar-refractivity contribution in [2.75, 3.05) is 20.2 Å². The van der Waals surface area contributed by atoms with E-state index in [9.17, 15) is 9.59 Å². The number of carbonyl (C=O) groups excluding carboxylic acids is 2. The quantitative estimate of drug-likeness (QED) is 0.611. The molecule has 164 valence electrons. The fourth-order valence-electron chi connectivity index (χ4n) is 4.37. The first kappa shape index (κ1) is 20.6. The van der Waals surface area contributed by atoms with Crippen LogP contribution in [-0.2, 0) is 26.1 Å². The molecule has 32 heavy (non-hydrogen) atoms. The van der Waals surface area contributed by atoms with Crippen molar-refractivity contribution >= 4 is 23.4 Å². The van der Waals surface area contributed by atoms with Crippen molar-refractivity contribution in [1.82, 2.24) is 19.6 Å². The number of hydrogen-bond acceptors (Lipinski definition) is 4. The van der Waals surface area contributed by atoms with Crippen LogP contribution in [0.5, 0.6) is 5.75 Å². The lowest BCUT2D eigenvalue weighted by molar-refractivity contribution is 0.0670. The van der Waals surface area contributed by atoms with E-state index in [1.807, 2.05) is 33.8 Å². The molecule has 3 aromatic rings. The Morgan fingerprint density at radius 3 is 2.69 bits per heavy atom. The highest BCUT2D eigenvalue weighted by Crippen LogP contribution is 2.28. The topological polar surface area (TPSA) is 67.7 Å². The van der Waals surface area contributed by atoms with Crippen LogP contribution in [0.15, 0.2) is 48.5 Å². The number of benzene rings is 2. The van der Waals surface area contributed by atoms with Crippen molar-refractivity contribution < 1.29 is 14.3 Å². The minimum Gasteiger partial charge on any atom is -0.497 e. The van der Waals surface area contributed by atoms with Crippen molar-refractivity contribution in [3.8, 4) is 5.75 Å². The molecule has 5 rings (SSSR count). The number of amides is 2. The van der Waals surface area contributed by atoms with Gasteiger partial charge in [0.05, 0.1) is 25.9 Å². The molecular formula is C24H23ClN4O3. The number of hydrogen-bond donors (Lipinski definition) is 0. The second-order valence-corrected chi connectivity index (χ2v) is 8.50. The molecule has 2 aliphatic heterocycles. The van der Waals surface area contributed by atoms with Gasteiger partial charge in [-0.05, 0) is 35.9 Å². The van der Waals surface area contributed by atoms with E-state index in [-0.39, 0.29) is 11.8 Å². The standard InChI is InChI=1S/C24H23ClN4O3/c1-32-19-7-5-16(6-8-19)14-28-11-12-29-22(24(28)31)20-15-27(10-9-21(20)26-29)23(30)17-3-2-4-18(25)13-17/h2-8,13H,9-12,14-15H2,1H3. The van der Waals surface area contributed by atoms with Crippen molar-refractivity contribution in [2.24, 2.45) is 0 Å². The first-order valence-electron chi connectivity index (χ1n) is 10.6. The Kier molecular flexibility index (Phi) is 5.35. The third kappa shape index (κ3) is 3.73. The highest BCUT2D eigenvalue weighted by molar-refractivity contribution is 6.30. The Morgan fingerprint density at radius 1 is 1.12 bits per heavy atom. The molecule has 7 nitrogen and oxygen atoms in total. The van der Waals surface area contributed by atoms with Crippen LogP contribution in [0, 0.1) is 0 Å². The predicted molar refractivity (Wildman–Crippen MR) is 120 cm³/mol. The molecule has 2 aliphatic rings. The summed E-state index contributed by atoms with van der Waals surface area (Å²) in [6, 6.07) is 14.7. The minimum absolute atomic E-state index is 0.0436. The third-order valence-electron chi connectivity index (χ3n) is 6.06. The molecule has 0 spiro atoms. The van der Waals surface area contributed by atoms with Gasteiger partial charge in [-0.2, -0.15) is 5.10 Å². The average Bonchev–Trinajstić information content (AvgIpc) is 3.19. The van der Waals surface area contributed by atoms with E-state index in [4.69, 9.17) is 16.3 Å². The zero-order valence-corrected chi connectivity index (χ0v) is 18.5. The second kappa shape index (κ2) is 8.31. The molecule has 2 amide bonds. The first-order chi connectivity index (χ1) is 15.5. The molecule has 0 atom stereocenters. The zero-order valence-electron chi connectivity index (χ0n) is 17.8. The summed E-state index contributed by atoms with van der Waals surface area (Å²) in [5, 5.41) is 5.21. The number of rotatable bonds is 4. The Bertz CT molecular complexity index is 1190. The summed E-state index contributed by atoms with van der Waals surface area (Å²) in [6.07, 6.45) is 0.632. The summed E-state index contributed by atoms with van der Waals surface area (Å²) in [6.45, 7) is 2.71. The Hall–Kier alpha value is -3.32. The van der Waals surface area contributed by atoms with Gasteiger partial charge >= 0.3 is 0 Å². The number of carbonyl (C=O) groups is 2. The Balaban J connectivity index is 1.37. The highest BCUT2D eigenvalue weighted by Gasteiger charge is 2.34. The van der Waals surface area contributed by atoms with E-state index in [0.717, 1.165) is 22.6 Å². The molecule has 0 N–H and O–H groups in total. The van der Waals surface area contributed by atoms with Crippen LogP contribution in [0.4, 0.5) is 0 Å². The van der Waals surface area contributed by atoms with Crippen LogP contribution in [0.2, 0.25) is 5.02 Å². The van der Waals surface area contributed by atoms with Gasteiger partial charge in [0.2, 0.25) is 0 Å². The SMILES string of the molecule is COc1ccc(CN2CCn3nc4c(c3C2=O)CN(C(=O)c2cccc(Cl)c2)CC4)cc1.